The van der Waals surface area contributed by atoms with Crippen molar-refractivity contribution in [2.45, 2.75) is 6.42 Å². The zero-order valence-corrected chi connectivity index (χ0v) is 14.9. The molecular formula is C20H20O6. The van der Waals surface area contributed by atoms with E-state index < -0.39 is 5.97 Å². The third-order valence-corrected chi connectivity index (χ3v) is 3.55. The molecule has 0 atom stereocenters. The Kier molecular flexibility index (Phi) is 6.79. The number of rotatable bonds is 7. The summed E-state index contributed by atoms with van der Waals surface area (Å²) in [7, 11) is 4.45. The summed E-state index contributed by atoms with van der Waals surface area (Å²) in [6.07, 6.45) is 3.06. The number of benzene rings is 2. The summed E-state index contributed by atoms with van der Waals surface area (Å²) in [4.78, 5) is 23.2. The smallest absolute Gasteiger partial charge is 0.336 e. The van der Waals surface area contributed by atoms with Crippen LogP contribution in [0.25, 0.3) is 6.08 Å². The fourth-order valence-corrected chi connectivity index (χ4v) is 2.19. The van der Waals surface area contributed by atoms with E-state index in [1.807, 2.05) is 0 Å². The molecule has 2 aromatic carbocycles. The van der Waals surface area contributed by atoms with Gasteiger partial charge in [-0.05, 0) is 42.0 Å². The molecule has 6 nitrogen and oxygen atoms in total. The molecule has 0 saturated heterocycles. The predicted octanol–water partition coefficient (Wildman–Crippen LogP) is 3.04. The van der Waals surface area contributed by atoms with Crippen LogP contribution in [0, 0.1) is 0 Å². The van der Waals surface area contributed by atoms with Crippen molar-refractivity contribution in [3.05, 3.63) is 59.7 Å². The lowest BCUT2D eigenvalue weighted by atomic mass is 10.1. The number of ether oxygens (including phenoxy) is 4. The van der Waals surface area contributed by atoms with Crippen molar-refractivity contribution in [2.75, 3.05) is 21.3 Å². The molecule has 0 heterocycles. The molecule has 0 aliphatic heterocycles. The highest BCUT2D eigenvalue weighted by Gasteiger charge is 2.06. The van der Waals surface area contributed by atoms with Crippen LogP contribution in [0.4, 0.5) is 0 Å². The Morgan fingerprint density at radius 3 is 2.23 bits per heavy atom. The van der Waals surface area contributed by atoms with Crippen LogP contribution in [-0.2, 0) is 20.7 Å². The van der Waals surface area contributed by atoms with E-state index in [0.29, 0.717) is 22.8 Å². The van der Waals surface area contributed by atoms with E-state index in [0.717, 1.165) is 5.56 Å². The van der Waals surface area contributed by atoms with Crippen LogP contribution in [0.5, 0.6) is 17.2 Å². The van der Waals surface area contributed by atoms with Crippen LogP contribution >= 0.6 is 0 Å². The van der Waals surface area contributed by atoms with Gasteiger partial charge in [0.05, 0.1) is 27.8 Å². The molecule has 0 aromatic heterocycles. The highest BCUT2D eigenvalue weighted by molar-refractivity contribution is 5.89. The first-order valence-electron chi connectivity index (χ1n) is 7.83. The zero-order valence-electron chi connectivity index (χ0n) is 14.9. The molecule has 0 bridgehead atoms. The van der Waals surface area contributed by atoms with Crippen LogP contribution in [0.3, 0.4) is 0 Å². The number of esters is 2. The number of hydrogen-bond acceptors (Lipinski definition) is 6. The van der Waals surface area contributed by atoms with E-state index in [1.165, 1.54) is 13.2 Å². The summed E-state index contributed by atoms with van der Waals surface area (Å²) in [6.45, 7) is 0. The minimum Gasteiger partial charge on any atom is -0.497 e. The Labute approximate surface area is 151 Å². The highest BCUT2D eigenvalue weighted by Crippen LogP contribution is 2.25. The fourth-order valence-electron chi connectivity index (χ4n) is 2.19. The summed E-state index contributed by atoms with van der Waals surface area (Å²) >= 11 is 0. The van der Waals surface area contributed by atoms with Crippen molar-refractivity contribution in [1.29, 1.82) is 0 Å². The molecule has 0 aliphatic rings. The van der Waals surface area contributed by atoms with E-state index in [4.69, 9.17) is 14.2 Å². The molecule has 0 unspecified atom stereocenters. The van der Waals surface area contributed by atoms with Gasteiger partial charge in [-0.15, -0.1) is 0 Å². The fraction of sp³-hybridized carbons (Fsp3) is 0.200. The van der Waals surface area contributed by atoms with Crippen molar-refractivity contribution < 1.29 is 28.5 Å². The van der Waals surface area contributed by atoms with Gasteiger partial charge in [0, 0.05) is 11.6 Å². The van der Waals surface area contributed by atoms with E-state index in [1.54, 1.807) is 62.8 Å². The van der Waals surface area contributed by atoms with Gasteiger partial charge in [-0.2, -0.15) is 0 Å². The summed E-state index contributed by atoms with van der Waals surface area (Å²) < 4.78 is 20.3. The van der Waals surface area contributed by atoms with Crippen LogP contribution < -0.4 is 14.2 Å². The first kappa shape index (κ1) is 19.1. The maximum absolute atomic E-state index is 12.0. The van der Waals surface area contributed by atoms with Crippen molar-refractivity contribution in [2.24, 2.45) is 0 Å². The molecular weight excluding hydrogens is 336 g/mol. The zero-order chi connectivity index (χ0) is 18.9. The Balaban J connectivity index is 2.02. The Hall–Kier alpha value is -3.28. The highest BCUT2D eigenvalue weighted by atomic mass is 16.5. The Morgan fingerprint density at radius 1 is 0.923 bits per heavy atom. The van der Waals surface area contributed by atoms with Crippen LogP contribution in [-0.4, -0.2) is 33.3 Å². The lowest BCUT2D eigenvalue weighted by Gasteiger charge is -2.07. The minimum absolute atomic E-state index is 0.167. The van der Waals surface area contributed by atoms with E-state index in [2.05, 4.69) is 4.74 Å². The van der Waals surface area contributed by atoms with Crippen LogP contribution in [0.15, 0.2) is 48.5 Å². The van der Waals surface area contributed by atoms with Crippen molar-refractivity contribution >= 4 is 18.0 Å². The maximum atomic E-state index is 12.0. The molecule has 0 aliphatic carbocycles. The van der Waals surface area contributed by atoms with Gasteiger partial charge >= 0.3 is 11.9 Å². The topological polar surface area (TPSA) is 71.1 Å². The average molecular weight is 356 g/mol. The maximum Gasteiger partial charge on any atom is 0.336 e. The summed E-state index contributed by atoms with van der Waals surface area (Å²) in [5.74, 6) is 0.786. The second kappa shape index (κ2) is 9.27. The standard InChI is InChI=1S/C20H20O6/c1-23-17-9-10-18(24-2)15(13-17)6-11-19(21)26-16-7-4-14(5-8-16)12-20(22)25-3/h4-11,13H,12H2,1-3H3/b11-6+. The molecule has 6 heteroatoms. The summed E-state index contributed by atoms with van der Waals surface area (Å²) in [5.41, 5.74) is 1.46. The summed E-state index contributed by atoms with van der Waals surface area (Å²) in [6, 6.07) is 11.9. The molecule has 0 saturated carbocycles. The Bertz CT molecular complexity index is 792. The van der Waals surface area contributed by atoms with Crippen LogP contribution in [0.1, 0.15) is 11.1 Å². The molecule has 0 N–H and O–H groups in total. The largest absolute Gasteiger partial charge is 0.497 e. The molecule has 0 radical (unpaired) electrons. The summed E-state index contributed by atoms with van der Waals surface area (Å²) in [5, 5.41) is 0. The van der Waals surface area contributed by atoms with Gasteiger partial charge in [0.1, 0.15) is 17.2 Å². The molecule has 0 spiro atoms. The quantitative estimate of drug-likeness (QED) is 0.431. The number of carbonyl (C=O) groups is 2. The van der Waals surface area contributed by atoms with Gasteiger partial charge < -0.3 is 18.9 Å². The van der Waals surface area contributed by atoms with Crippen molar-refractivity contribution in [3.63, 3.8) is 0 Å². The van der Waals surface area contributed by atoms with Crippen molar-refractivity contribution in [3.8, 4) is 17.2 Å². The van der Waals surface area contributed by atoms with E-state index in [9.17, 15) is 9.59 Å². The predicted molar refractivity (Wildman–Crippen MR) is 96.4 cm³/mol. The molecule has 0 fully saturated rings. The van der Waals surface area contributed by atoms with E-state index in [-0.39, 0.29) is 12.4 Å². The monoisotopic (exact) mass is 356 g/mol. The number of methoxy groups -OCH3 is 3. The molecule has 26 heavy (non-hydrogen) atoms. The Morgan fingerprint density at radius 2 is 1.62 bits per heavy atom. The molecule has 136 valence electrons. The van der Waals surface area contributed by atoms with Crippen LogP contribution in [0.2, 0.25) is 0 Å². The number of hydrogen-bond donors (Lipinski definition) is 0. The normalized spacial score (nSPS) is 10.4. The second-order valence-electron chi connectivity index (χ2n) is 5.26. The average Bonchev–Trinajstić information content (AvgIpc) is 2.67. The number of carbonyl (C=O) groups excluding carboxylic acids is 2. The van der Waals surface area contributed by atoms with Gasteiger partial charge in [-0.1, -0.05) is 12.1 Å². The first-order valence-corrected chi connectivity index (χ1v) is 7.83. The third-order valence-electron chi connectivity index (χ3n) is 3.55. The molecule has 2 aromatic rings. The van der Waals surface area contributed by atoms with Gasteiger partial charge in [0.2, 0.25) is 0 Å². The SMILES string of the molecule is COC(=O)Cc1ccc(OC(=O)/C=C/c2cc(OC)ccc2OC)cc1. The molecule has 0 amide bonds. The lowest BCUT2D eigenvalue weighted by Crippen LogP contribution is -2.05. The lowest BCUT2D eigenvalue weighted by molar-refractivity contribution is -0.139. The third kappa shape index (κ3) is 5.37. The van der Waals surface area contributed by atoms with E-state index >= 15 is 0 Å². The second-order valence-corrected chi connectivity index (χ2v) is 5.26. The van der Waals surface area contributed by atoms with Gasteiger partial charge in [-0.3, -0.25) is 4.79 Å². The van der Waals surface area contributed by atoms with Gasteiger partial charge in [0.15, 0.2) is 0 Å². The minimum atomic E-state index is -0.532. The van der Waals surface area contributed by atoms with Gasteiger partial charge in [0.25, 0.3) is 0 Å². The van der Waals surface area contributed by atoms with Gasteiger partial charge in [-0.25, -0.2) is 4.79 Å². The first-order chi connectivity index (χ1) is 12.5. The molecule has 2 rings (SSSR count). The van der Waals surface area contributed by atoms with Crippen molar-refractivity contribution in [1.82, 2.24) is 0 Å².